The summed E-state index contributed by atoms with van der Waals surface area (Å²) < 4.78 is 13.8. The van der Waals surface area contributed by atoms with Crippen molar-refractivity contribution < 1.29 is 9.50 Å². The number of aliphatic hydroxyl groups excluding tert-OH is 1. The molecule has 100 valence electrons. The van der Waals surface area contributed by atoms with Crippen molar-refractivity contribution in [2.45, 2.75) is 6.10 Å². The minimum atomic E-state index is -0.808. The van der Waals surface area contributed by atoms with Crippen LogP contribution in [0, 0.1) is 5.82 Å². The predicted molar refractivity (Wildman–Crippen MR) is 79.4 cm³/mol. The van der Waals surface area contributed by atoms with Crippen LogP contribution in [0.4, 0.5) is 4.39 Å². The van der Waals surface area contributed by atoms with Gasteiger partial charge in [-0.3, -0.25) is 0 Å². The Kier molecular flexibility index (Phi) is 3.43. The first kappa shape index (κ1) is 13.1. The zero-order chi connectivity index (χ0) is 14.1. The van der Waals surface area contributed by atoms with E-state index in [4.69, 9.17) is 11.6 Å². The van der Waals surface area contributed by atoms with Crippen LogP contribution in [0.2, 0.25) is 5.02 Å². The molecule has 1 nitrogen and oxygen atoms in total. The fraction of sp³-hybridized carbons (Fsp3) is 0.0588. The minimum Gasteiger partial charge on any atom is -0.384 e. The largest absolute Gasteiger partial charge is 0.384 e. The molecule has 0 aliphatic rings. The van der Waals surface area contributed by atoms with Crippen LogP contribution in [0.25, 0.3) is 10.8 Å². The molecule has 0 saturated heterocycles. The number of hydrogen-bond donors (Lipinski definition) is 1. The molecule has 0 fully saturated rings. The number of hydrogen-bond acceptors (Lipinski definition) is 1. The monoisotopic (exact) mass is 286 g/mol. The van der Waals surface area contributed by atoms with Crippen molar-refractivity contribution in [2.75, 3.05) is 0 Å². The Hall–Kier alpha value is -1.90. The maximum absolute atomic E-state index is 13.8. The van der Waals surface area contributed by atoms with Crippen LogP contribution in [0.15, 0.2) is 60.7 Å². The van der Waals surface area contributed by atoms with Crippen LogP contribution in [-0.2, 0) is 0 Å². The van der Waals surface area contributed by atoms with Gasteiger partial charge >= 0.3 is 0 Å². The molecule has 3 aromatic carbocycles. The van der Waals surface area contributed by atoms with E-state index in [2.05, 4.69) is 0 Å². The summed E-state index contributed by atoms with van der Waals surface area (Å²) in [6.45, 7) is 0. The number of benzene rings is 3. The molecule has 0 aliphatic carbocycles. The van der Waals surface area contributed by atoms with Gasteiger partial charge in [-0.2, -0.15) is 0 Å². The second-order valence-corrected chi connectivity index (χ2v) is 5.07. The summed E-state index contributed by atoms with van der Waals surface area (Å²) in [5.74, 6) is -0.285. The van der Waals surface area contributed by atoms with Crippen LogP contribution in [0.5, 0.6) is 0 Å². The fourth-order valence-electron chi connectivity index (χ4n) is 2.35. The average molecular weight is 287 g/mol. The second kappa shape index (κ2) is 5.23. The number of fused-ring (bicyclic) bond motifs is 1. The highest BCUT2D eigenvalue weighted by Gasteiger charge is 2.15. The summed E-state index contributed by atoms with van der Waals surface area (Å²) in [5.41, 5.74) is 1.41. The summed E-state index contributed by atoms with van der Waals surface area (Å²) in [4.78, 5) is 0. The van der Waals surface area contributed by atoms with Crippen molar-refractivity contribution in [1.82, 2.24) is 0 Å². The molecule has 0 aromatic heterocycles. The Bertz CT molecular complexity index is 753. The first-order chi connectivity index (χ1) is 9.66. The third-order valence-corrected chi connectivity index (χ3v) is 3.64. The predicted octanol–water partition coefficient (Wildman–Crippen LogP) is 4.71. The second-order valence-electron chi connectivity index (χ2n) is 4.64. The normalized spacial score (nSPS) is 12.6. The summed E-state index contributed by atoms with van der Waals surface area (Å²) in [7, 11) is 0. The summed E-state index contributed by atoms with van der Waals surface area (Å²) >= 11 is 5.85. The number of halogens is 2. The van der Waals surface area contributed by atoms with Crippen molar-refractivity contribution in [3.05, 3.63) is 82.6 Å². The highest BCUT2D eigenvalue weighted by atomic mass is 35.5. The molecule has 20 heavy (non-hydrogen) atoms. The van der Waals surface area contributed by atoms with E-state index in [9.17, 15) is 9.50 Å². The van der Waals surface area contributed by atoms with Crippen LogP contribution < -0.4 is 0 Å². The molecule has 1 atom stereocenters. The van der Waals surface area contributed by atoms with Crippen LogP contribution in [0.1, 0.15) is 17.2 Å². The van der Waals surface area contributed by atoms with Gasteiger partial charge in [-0.15, -0.1) is 0 Å². The van der Waals surface area contributed by atoms with E-state index in [1.54, 1.807) is 42.5 Å². The Morgan fingerprint density at radius 1 is 0.850 bits per heavy atom. The smallest absolute Gasteiger partial charge is 0.131 e. The molecule has 0 spiro atoms. The van der Waals surface area contributed by atoms with Gasteiger partial charge < -0.3 is 5.11 Å². The van der Waals surface area contributed by atoms with Gasteiger partial charge in [-0.1, -0.05) is 54.1 Å². The summed E-state index contributed by atoms with van der Waals surface area (Å²) in [6, 6.07) is 17.1. The Morgan fingerprint density at radius 3 is 2.20 bits per heavy atom. The lowest BCUT2D eigenvalue weighted by atomic mass is 9.96. The van der Waals surface area contributed by atoms with Gasteiger partial charge in [0.25, 0.3) is 0 Å². The Labute approximate surface area is 121 Å². The summed E-state index contributed by atoms with van der Waals surface area (Å²) in [6.07, 6.45) is -0.808. The van der Waals surface area contributed by atoms with Crippen molar-refractivity contribution in [2.24, 2.45) is 0 Å². The summed E-state index contributed by atoms with van der Waals surface area (Å²) in [5, 5.41) is 12.4. The SMILES string of the molecule is OC(c1ccc(Cl)cc1)c1ccc(F)c2ccccc12. The average Bonchev–Trinajstić information content (AvgIpc) is 2.48. The number of rotatable bonds is 2. The molecule has 0 bridgehead atoms. The number of aliphatic hydroxyl groups is 1. The first-order valence-corrected chi connectivity index (χ1v) is 6.65. The van der Waals surface area contributed by atoms with Crippen molar-refractivity contribution in [3.63, 3.8) is 0 Å². The molecule has 0 aliphatic heterocycles. The highest BCUT2D eigenvalue weighted by Crippen LogP contribution is 2.30. The molecule has 3 aromatic rings. The van der Waals surface area contributed by atoms with E-state index in [1.165, 1.54) is 6.07 Å². The van der Waals surface area contributed by atoms with Crippen LogP contribution in [-0.4, -0.2) is 5.11 Å². The van der Waals surface area contributed by atoms with Crippen LogP contribution in [0.3, 0.4) is 0 Å². The molecule has 3 heteroatoms. The molecular formula is C17H12ClFO. The van der Waals surface area contributed by atoms with E-state index < -0.39 is 6.10 Å². The van der Waals surface area contributed by atoms with Crippen molar-refractivity contribution in [1.29, 1.82) is 0 Å². The highest BCUT2D eigenvalue weighted by molar-refractivity contribution is 6.30. The fourth-order valence-corrected chi connectivity index (χ4v) is 2.47. The van der Waals surface area contributed by atoms with Gasteiger partial charge in [0.15, 0.2) is 0 Å². The molecule has 0 amide bonds. The van der Waals surface area contributed by atoms with E-state index >= 15 is 0 Å². The Balaban J connectivity index is 2.14. The van der Waals surface area contributed by atoms with Crippen molar-refractivity contribution >= 4 is 22.4 Å². The maximum Gasteiger partial charge on any atom is 0.131 e. The van der Waals surface area contributed by atoms with E-state index in [1.807, 2.05) is 12.1 Å². The Morgan fingerprint density at radius 2 is 1.50 bits per heavy atom. The zero-order valence-electron chi connectivity index (χ0n) is 10.6. The zero-order valence-corrected chi connectivity index (χ0v) is 11.3. The molecule has 3 rings (SSSR count). The van der Waals surface area contributed by atoms with Crippen molar-refractivity contribution in [3.8, 4) is 0 Å². The lowest BCUT2D eigenvalue weighted by Gasteiger charge is -2.14. The first-order valence-electron chi connectivity index (χ1n) is 6.27. The molecule has 0 heterocycles. The lowest BCUT2D eigenvalue weighted by molar-refractivity contribution is 0.222. The van der Waals surface area contributed by atoms with Crippen LogP contribution >= 0.6 is 11.6 Å². The van der Waals surface area contributed by atoms with Gasteiger partial charge in [-0.25, -0.2) is 4.39 Å². The van der Waals surface area contributed by atoms with E-state index in [-0.39, 0.29) is 5.82 Å². The molecule has 1 N–H and O–H groups in total. The molecule has 1 unspecified atom stereocenters. The van der Waals surface area contributed by atoms with E-state index in [0.717, 1.165) is 10.9 Å². The van der Waals surface area contributed by atoms with Gasteiger partial charge in [0.1, 0.15) is 11.9 Å². The minimum absolute atomic E-state index is 0.285. The van der Waals surface area contributed by atoms with E-state index in [0.29, 0.717) is 16.0 Å². The molecule has 0 saturated carbocycles. The maximum atomic E-state index is 13.8. The quantitative estimate of drug-likeness (QED) is 0.723. The van der Waals surface area contributed by atoms with Gasteiger partial charge in [0.2, 0.25) is 0 Å². The van der Waals surface area contributed by atoms with Gasteiger partial charge in [0, 0.05) is 10.4 Å². The molecular weight excluding hydrogens is 275 g/mol. The third kappa shape index (κ3) is 2.28. The third-order valence-electron chi connectivity index (χ3n) is 3.38. The lowest BCUT2D eigenvalue weighted by Crippen LogP contribution is -2.01. The molecule has 0 radical (unpaired) electrons. The standard InChI is InChI=1S/C17H12ClFO/c18-12-7-5-11(6-8-12)17(20)15-9-10-16(19)14-4-2-1-3-13(14)15/h1-10,17,20H. The van der Waals surface area contributed by atoms with Gasteiger partial charge in [0.05, 0.1) is 0 Å². The van der Waals surface area contributed by atoms with Gasteiger partial charge in [-0.05, 0) is 34.7 Å². The topological polar surface area (TPSA) is 20.2 Å².